The van der Waals surface area contributed by atoms with Crippen molar-refractivity contribution in [3.8, 4) is 0 Å². The van der Waals surface area contributed by atoms with Crippen LogP contribution in [0, 0.1) is 0 Å². The molecule has 1 aromatic heterocycles. The Morgan fingerprint density at radius 3 is 3.07 bits per heavy atom. The number of likely N-dealkylation sites (N-methyl/N-ethyl adjacent to an activating group) is 1. The summed E-state index contributed by atoms with van der Waals surface area (Å²) >= 11 is 0. The van der Waals surface area contributed by atoms with E-state index < -0.39 is 0 Å². The van der Waals surface area contributed by atoms with Gasteiger partial charge in [0, 0.05) is 17.8 Å². The van der Waals surface area contributed by atoms with Gasteiger partial charge in [0.1, 0.15) is 0 Å². The first kappa shape index (κ1) is 10.1. The van der Waals surface area contributed by atoms with Gasteiger partial charge < -0.3 is 5.32 Å². The molecule has 0 saturated carbocycles. The van der Waals surface area contributed by atoms with Crippen molar-refractivity contribution in [2.45, 2.75) is 13.3 Å². The van der Waals surface area contributed by atoms with Gasteiger partial charge in [-0.05, 0) is 36.5 Å². The van der Waals surface area contributed by atoms with E-state index in [0.717, 1.165) is 19.5 Å². The molecule has 2 aromatic rings. The van der Waals surface area contributed by atoms with Crippen LogP contribution in [0.15, 0.2) is 36.7 Å². The van der Waals surface area contributed by atoms with Gasteiger partial charge in [0.2, 0.25) is 0 Å². The summed E-state index contributed by atoms with van der Waals surface area (Å²) < 4.78 is 0. The maximum Gasteiger partial charge on any atom is 0.0346 e. The third-order valence-corrected chi connectivity index (χ3v) is 2.59. The van der Waals surface area contributed by atoms with E-state index >= 15 is 0 Å². The van der Waals surface area contributed by atoms with Crippen LogP contribution in [0.5, 0.6) is 0 Å². The van der Waals surface area contributed by atoms with Crippen LogP contribution in [0.1, 0.15) is 12.5 Å². The Kier molecular flexibility index (Phi) is 3.30. The highest BCUT2D eigenvalue weighted by molar-refractivity contribution is 5.84. The summed E-state index contributed by atoms with van der Waals surface area (Å²) in [6.07, 6.45) is 4.86. The molecule has 0 aliphatic rings. The molecule has 0 aliphatic heterocycles. The predicted octanol–water partition coefficient (Wildman–Crippen LogP) is 2.39. The van der Waals surface area contributed by atoms with E-state index in [9.17, 15) is 0 Å². The van der Waals surface area contributed by atoms with Crippen LogP contribution < -0.4 is 5.32 Å². The maximum absolute atomic E-state index is 4.13. The van der Waals surface area contributed by atoms with E-state index in [-0.39, 0.29) is 0 Å². The van der Waals surface area contributed by atoms with E-state index in [4.69, 9.17) is 0 Å². The van der Waals surface area contributed by atoms with Gasteiger partial charge in [-0.3, -0.25) is 4.98 Å². The number of hydrogen-bond acceptors (Lipinski definition) is 2. The topological polar surface area (TPSA) is 24.9 Å². The highest BCUT2D eigenvalue weighted by Crippen LogP contribution is 2.17. The molecule has 0 bridgehead atoms. The van der Waals surface area contributed by atoms with Gasteiger partial charge in [-0.15, -0.1) is 0 Å². The molecule has 0 spiro atoms. The lowest BCUT2D eigenvalue weighted by Crippen LogP contribution is -2.16. The summed E-state index contributed by atoms with van der Waals surface area (Å²) in [4.78, 5) is 4.13. The molecule has 1 aromatic carbocycles. The minimum absolute atomic E-state index is 1.03. The fourth-order valence-corrected chi connectivity index (χ4v) is 1.81. The van der Waals surface area contributed by atoms with Crippen molar-refractivity contribution in [1.29, 1.82) is 0 Å². The summed E-state index contributed by atoms with van der Waals surface area (Å²) in [5, 5.41) is 5.90. The standard InChI is InChI=1S/C13H16N2/c1-2-14-8-6-11-4-3-5-12-10-15-9-7-13(11)12/h3-5,7,9-10,14H,2,6,8H2,1H3. The summed E-state index contributed by atoms with van der Waals surface area (Å²) in [7, 11) is 0. The molecule has 0 fully saturated rings. The molecule has 2 rings (SSSR count). The van der Waals surface area contributed by atoms with E-state index in [1.54, 1.807) is 0 Å². The van der Waals surface area contributed by atoms with Gasteiger partial charge in [0.15, 0.2) is 0 Å². The summed E-state index contributed by atoms with van der Waals surface area (Å²) in [5.41, 5.74) is 1.40. The molecular formula is C13H16N2. The Balaban J connectivity index is 2.26. The van der Waals surface area contributed by atoms with Crippen LogP contribution >= 0.6 is 0 Å². The first-order valence-corrected chi connectivity index (χ1v) is 5.44. The third-order valence-electron chi connectivity index (χ3n) is 2.59. The molecule has 0 atom stereocenters. The van der Waals surface area contributed by atoms with E-state index in [1.807, 2.05) is 12.4 Å². The van der Waals surface area contributed by atoms with Crippen molar-refractivity contribution in [2.24, 2.45) is 0 Å². The molecule has 0 radical (unpaired) electrons. The normalized spacial score (nSPS) is 10.7. The van der Waals surface area contributed by atoms with Crippen molar-refractivity contribution in [1.82, 2.24) is 10.3 Å². The lowest BCUT2D eigenvalue weighted by Gasteiger charge is -2.06. The van der Waals surface area contributed by atoms with Gasteiger partial charge in [-0.25, -0.2) is 0 Å². The Morgan fingerprint density at radius 2 is 2.20 bits per heavy atom. The zero-order chi connectivity index (χ0) is 10.5. The second-order valence-corrected chi connectivity index (χ2v) is 3.62. The van der Waals surface area contributed by atoms with Gasteiger partial charge in [-0.2, -0.15) is 0 Å². The summed E-state index contributed by atoms with van der Waals surface area (Å²) in [6.45, 7) is 4.21. The maximum atomic E-state index is 4.13. The van der Waals surface area contributed by atoms with Crippen LogP contribution in [0.25, 0.3) is 10.8 Å². The lowest BCUT2D eigenvalue weighted by molar-refractivity contribution is 0.718. The van der Waals surface area contributed by atoms with E-state index in [0.29, 0.717) is 0 Å². The third kappa shape index (κ3) is 2.34. The molecule has 15 heavy (non-hydrogen) atoms. The number of nitrogens with zero attached hydrogens (tertiary/aromatic N) is 1. The molecule has 1 heterocycles. The van der Waals surface area contributed by atoms with Crippen LogP contribution in [0.2, 0.25) is 0 Å². The number of benzene rings is 1. The largest absolute Gasteiger partial charge is 0.317 e. The Hall–Kier alpha value is -1.41. The SMILES string of the molecule is CCNCCc1cccc2cnccc12. The quantitative estimate of drug-likeness (QED) is 0.766. The van der Waals surface area contributed by atoms with Crippen molar-refractivity contribution in [3.05, 3.63) is 42.2 Å². The highest BCUT2D eigenvalue weighted by Gasteiger charge is 1.99. The smallest absolute Gasteiger partial charge is 0.0346 e. The first-order valence-electron chi connectivity index (χ1n) is 5.44. The second-order valence-electron chi connectivity index (χ2n) is 3.62. The Labute approximate surface area is 90.3 Å². The van der Waals surface area contributed by atoms with Crippen molar-refractivity contribution in [2.75, 3.05) is 13.1 Å². The highest BCUT2D eigenvalue weighted by atomic mass is 14.8. The van der Waals surface area contributed by atoms with E-state index in [2.05, 4.69) is 41.5 Å². The van der Waals surface area contributed by atoms with Gasteiger partial charge >= 0.3 is 0 Å². The average Bonchev–Trinajstić information content (AvgIpc) is 2.30. The predicted molar refractivity (Wildman–Crippen MR) is 64.0 cm³/mol. The fourth-order valence-electron chi connectivity index (χ4n) is 1.81. The Bertz CT molecular complexity index is 432. The van der Waals surface area contributed by atoms with E-state index in [1.165, 1.54) is 16.3 Å². The molecule has 0 amide bonds. The molecule has 78 valence electrons. The number of hydrogen-bond donors (Lipinski definition) is 1. The van der Waals surface area contributed by atoms with Gasteiger partial charge in [-0.1, -0.05) is 25.1 Å². The van der Waals surface area contributed by atoms with Crippen LogP contribution in [-0.2, 0) is 6.42 Å². The molecule has 0 aliphatic carbocycles. The number of nitrogens with one attached hydrogen (secondary N) is 1. The zero-order valence-electron chi connectivity index (χ0n) is 9.03. The molecular weight excluding hydrogens is 184 g/mol. The number of pyridine rings is 1. The molecule has 2 nitrogen and oxygen atoms in total. The van der Waals surface area contributed by atoms with Crippen LogP contribution in [-0.4, -0.2) is 18.1 Å². The molecule has 0 unspecified atom stereocenters. The summed E-state index contributed by atoms with van der Waals surface area (Å²) in [5.74, 6) is 0. The average molecular weight is 200 g/mol. The van der Waals surface area contributed by atoms with Crippen molar-refractivity contribution < 1.29 is 0 Å². The number of aromatic nitrogens is 1. The summed E-state index contributed by atoms with van der Waals surface area (Å²) in [6, 6.07) is 8.50. The fraction of sp³-hybridized carbons (Fsp3) is 0.308. The van der Waals surface area contributed by atoms with Crippen molar-refractivity contribution in [3.63, 3.8) is 0 Å². The first-order chi connectivity index (χ1) is 7.42. The number of rotatable bonds is 4. The lowest BCUT2D eigenvalue weighted by atomic mass is 10.0. The second kappa shape index (κ2) is 4.89. The zero-order valence-corrected chi connectivity index (χ0v) is 9.03. The number of fused-ring (bicyclic) bond motifs is 1. The van der Waals surface area contributed by atoms with Gasteiger partial charge in [0.25, 0.3) is 0 Å². The van der Waals surface area contributed by atoms with Gasteiger partial charge in [0.05, 0.1) is 0 Å². The Morgan fingerprint density at radius 1 is 1.27 bits per heavy atom. The molecule has 1 N–H and O–H groups in total. The monoisotopic (exact) mass is 200 g/mol. The van der Waals surface area contributed by atoms with Crippen molar-refractivity contribution >= 4 is 10.8 Å². The minimum Gasteiger partial charge on any atom is -0.317 e. The molecule has 2 heteroatoms. The minimum atomic E-state index is 1.03. The molecule has 0 saturated heterocycles. The van der Waals surface area contributed by atoms with Crippen LogP contribution in [0.4, 0.5) is 0 Å². The van der Waals surface area contributed by atoms with Crippen LogP contribution in [0.3, 0.4) is 0 Å².